The van der Waals surface area contributed by atoms with E-state index in [1.165, 1.54) is 18.2 Å². The van der Waals surface area contributed by atoms with Gasteiger partial charge in [-0.25, -0.2) is 0 Å². The van der Waals surface area contributed by atoms with Crippen LogP contribution in [0.2, 0.25) is 0 Å². The first-order valence-corrected chi connectivity index (χ1v) is 7.16. The van der Waals surface area contributed by atoms with Crippen molar-refractivity contribution in [3.8, 4) is 16.9 Å². The Hall–Kier alpha value is -2.29. The molecule has 0 amide bonds. The van der Waals surface area contributed by atoms with Crippen LogP contribution in [0.3, 0.4) is 0 Å². The lowest BCUT2D eigenvalue weighted by Crippen LogP contribution is -2.23. The number of aromatic hydroxyl groups is 1. The minimum atomic E-state index is -0.122. The number of ether oxygens (including phenoxy) is 1. The molecule has 1 aliphatic rings. The number of esters is 1. The SMILES string of the molecule is COC(=O)C1CCc2ccc(-c3cccc(O)c3)cc2C1. The lowest BCUT2D eigenvalue weighted by Gasteiger charge is -2.23. The molecule has 1 N–H and O–H groups in total. The van der Waals surface area contributed by atoms with Crippen LogP contribution in [-0.2, 0) is 22.4 Å². The van der Waals surface area contributed by atoms with E-state index in [9.17, 15) is 9.90 Å². The van der Waals surface area contributed by atoms with Gasteiger partial charge in [-0.15, -0.1) is 0 Å². The molecule has 3 nitrogen and oxygen atoms in total. The average Bonchev–Trinajstić information content (AvgIpc) is 2.53. The van der Waals surface area contributed by atoms with Gasteiger partial charge in [-0.3, -0.25) is 4.79 Å². The minimum absolute atomic E-state index is 0.0399. The van der Waals surface area contributed by atoms with Crippen LogP contribution < -0.4 is 0 Å². The first kappa shape index (κ1) is 13.7. The molecule has 108 valence electrons. The summed E-state index contributed by atoms with van der Waals surface area (Å²) in [5, 5.41) is 9.60. The number of carbonyl (C=O) groups is 1. The highest BCUT2D eigenvalue weighted by Crippen LogP contribution is 2.31. The van der Waals surface area contributed by atoms with E-state index in [4.69, 9.17) is 4.74 Å². The van der Waals surface area contributed by atoms with Crippen molar-refractivity contribution in [2.45, 2.75) is 19.3 Å². The van der Waals surface area contributed by atoms with Crippen LogP contribution in [0.5, 0.6) is 5.75 Å². The quantitative estimate of drug-likeness (QED) is 0.859. The van der Waals surface area contributed by atoms with E-state index < -0.39 is 0 Å². The largest absolute Gasteiger partial charge is 0.508 e. The van der Waals surface area contributed by atoms with Crippen LogP contribution in [-0.4, -0.2) is 18.2 Å². The fourth-order valence-electron chi connectivity index (χ4n) is 2.99. The molecule has 0 saturated carbocycles. The normalized spacial score (nSPS) is 17.1. The first-order valence-electron chi connectivity index (χ1n) is 7.16. The topological polar surface area (TPSA) is 46.5 Å². The molecule has 1 atom stereocenters. The molecule has 21 heavy (non-hydrogen) atoms. The number of hydrogen-bond donors (Lipinski definition) is 1. The van der Waals surface area contributed by atoms with Gasteiger partial charge in [0.15, 0.2) is 0 Å². The molecular formula is C18H18O3. The lowest BCUT2D eigenvalue weighted by molar-refractivity contribution is -0.145. The number of benzene rings is 2. The predicted molar refractivity (Wildman–Crippen MR) is 81.1 cm³/mol. The Bertz CT molecular complexity index is 676. The van der Waals surface area contributed by atoms with Crippen LogP contribution in [0.1, 0.15) is 17.5 Å². The van der Waals surface area contributed by atoms with Crippen molar-refractivity contribution in [3.63, 3.8) is 0 Å². The van der Waals surface area contributed by atoms with Gasteiger partial charge in [-0.2, -0.15) is 0 Å². The fourth-order valence-corrected chi connectivity index (χ4v) is 2.99. The maximum Gasteiger partial charge on any atom is 0.309 e. The molecule has 1 aliphatic carbocycles. The van der Waals surface area contributed by atoms with Crippen molar-refractivity contribution in [3.05, 3.63) is 53.6 Å². The monoisotopic (exact) mass is 282 g/mol. The molecule has 0 aliphatic heterocycles. The summed E-state index contributed by atoms with van der Waals surface area (Å²) in [5.41, 5.74) is 4.56. The molecule has 0 aromatic heterocycles. The van der Waals surface area contributed by atoms with E-state index >= 15 is 0 Å². The predicted octanol–water partition coefficient (Wildman–Crippen LogP) is 3.34. The second kappa shape index (κ2) is 5.60. The minimum Gasteiger partial charge on any atom is -0.508 e. The number of carbonyl (C=O) groups excluding carboxylic acids is 1. The van der Waals surface area contributed by atoms with Crippen molar-refractivity contribution >= 4 is 5.97 Å². The van der Waals surface area contributed by atoms with Gasteiger partial charge < -0.3 is 9.84 Å². The fraction of sp³-hybridized carbons (Fsp3) is 0.278. The molecule has 0 saturated heterocycles. The van der Waals surface area contributed by atoms with Gasteiger partial charge in [0.1, 0.15) is 5.75 Å². The van der Waals surface area contributed by atoms with Crippen LogP contribution in [0.15, 0.2) is 42.5 Å². The molecule has 3 heteroatoms. The van der Waals surface area contributed by atoms with Crippen molar-refractivity contribution < 1.29 is 14.6 Å². The van der Waals surface area contributed by atoms with E-state index in [2.05, 4.69) is 18.2 Å². The molecule has 0 radical (unpaired) electrons. The Morgan fingerprint density at radius 3 is 2.71 bits per heavy atom. The lowest BCUT2D eigenvalue weighted by atomic mass is 9.82. The van der Waals surface area contributed by atoms with Gasteiger partial charge in [-0.1, -0.05) is 30.3 Å². The number of phenols is 1. The highest BCUT2D eigenvalue weighted by Gasteiger charge is 2.25. The highest BCUT2D eigenvalue weighted by atomic mass is 16.5. The van der Waals surface area contributed by atoms with Crippen molar-refractivity contribution in [1.82, 2.24) is 0 Å². The number of phenolic OH excluding ortho intramolecular Hbond substituents is 1. The molecule has 0 heterocycles. The summed E-state index contributed by atoms with van der Waals surface area (Å²) in [6.45, 7) is 0. The summed E-state index contributed by atoms with van der Waals surface area (Å²) >= 11 is 0. The smallest absolute Gasteiger partial charge is 0.309 e. The average molecular weight is 282 g/mol. The van der Waals surface area contributed by atoms with Crippen LogP contribution in [0, 0.1) is 5.92 Å². The molecule has 0 bridgehead atoms. The second-order valence-corrected chi connectivity index (χ2v) is 5.50. The van der Waals surface area contributed by atoms with E-state index in [1.807, 2.05) is 12.1 Å². The summed E-state index contributed by atoms with van der Waals surface area (Å²) in [4.78, 5) is 11.7. The summed E-state index contributed by atoms with van der Waals surface area (Å²) in [7, 11) is 1.45. The third-order valence-electron chi connectivity index (χ3n) is 4.15. The number of rotatable bonds is 2. The van der Waals surface area contributed by atoms with E-state index in [0.717, 1.165) is 30.4 Å². The number of fused-ring (bicyclic) bond motifs is 1. The summed E-state index contributed by atoms with van der Waals surface area (Å²) in [6, 6.07) is 13.6. The van der Waals surface area contributed by atoms with Crippen molar-refractivity contribution in [1.29, 1.82) is 0 Å². The van der Waals surface area contributed by atoms with Gasteiger partial charge in [0.2, 0.25) is 0 Å². The third kappa shape index (κ3) is 2.77. The Morgan fingerprint density at radius 2 is 1.95 bits per heavy atom. The van der Waals surface area contributed by atoms with Gasteiger partial charge in [0.05, 0.1) is 13.0 Å². The summed E-state index contributed by atoms with van der Waals surface area (Å²) in [6.07, 6.45) is 2.50. The standard InChI is InChI=1S/C18H18O3/c1-21-18(20)15-8-6-12-5-7-14(9-16(12)10-15)13-3-2-4-17(19)11-13/h2-5,7,9,11,15,19H,6,8,10H2,1H3. The zero-order chi connectivity index (χ0) is 14.8. The van der Waals surface area contributed by atoms with E-state index in [-0.39, 0.29) is 17.6 Å². The molecule has 1 unspecified atom stereocenters. The van der Waals surface area contributed by atoms with Crippen LogP contribution in [0.25, 0.3) is 11.1 Å². The maximum atomic E-state index is 11.7. The molecule has 2 aromatic rings. The van der Waals surface area contributed by atoms with E-state index in [1.54, 1.807) is 12.1 Å². The maximum absolute atomic E-state index is 11.7. The first-order chi connectivity index (χ1) is 10.2. The molecule has 0 fully saturated rings. The molecule has 2 aromatic carbocycles. The second-order valence-electron chi connectivity index (χ2n) is 5.50. The Balaban J connectivity index is 1.92. The van der Waals surface area contributed by atoms with Gasteiger partial charge >= 0.3 is 5.97 Å². The highest BCUT2D eigenvalue weighted by molar-refractivity contribution is 5.74. The number of aryl methyl sites for hydroxylation is 1. The van der Waals surface area contributed by atoms with Gasteiger partial charge in [0, 0.05) is 0 Å². The van der Waals surface area contributed by atoms with Gasteiger partial charge in [0.25, 0.3) is 0 Å². The van der Waals surface area contributed by atoms with Gasteiger partial charge in [-0.05, 0) is 53.6 Å². The Labute approximate surface area is 124 Å². The van der Waals surface area contributed by atoms with E-state index in [0.29, 0.717) is 0 Å². The molecule has 3 rings (SSSR count). The summed E-state index contributed by atoms with van der Waals surface area (Å²) in [5.74, 6) is 0.1000. The zero-order valence-electron chi connectivity index (χ0n) is 12.0. The summed E-state index contributed by atoms with van der Waals surface area (Å²) < 4.78 is 4.86. The third-order valence-corrected chi connectivity index (χ3v) is 4.15. The number of methoxy groups -OCH3 is 1. The van der Waals surface area contributed by atoms with Crippen LogP contribution in [0.4, 0.5) is 0 Å². The zero-order valence-corrected chi connectivity index (χ0v) is 12.0. The van der Waals surface area contributed by atoms with Crippen LogP contribution >= 0.6 is 0 Å². The molecule has 0 spiro atoms. The Kier molecular flexibility index (Phi) is 3.65. The Morgan fingerprint density at radius 1 is 1.14 bits per heavy atom. The van der Waals surface area contributed by atoms with Crippen molar-refractivity contribution in [2.24, 2.45) is 5.92 Å². The number of hydrogen-bond acceptors (Lipinski definition) is 3. The van der Waals surface area contributed by atoms with Crippen molar-refractivity contribution in [2.75, 3.05) is 7.11 Å². The molecular weight excluding hydrogens is 264 g/mol.